The second-order valence-corrected chi connectivity index (χ2v) is 3.12. The lowest BCUT2D eigenvalue weighted by atomic mass is 10.3. The number of hydrogen-bond acceptors (Lipinski definition) is 3. The SMILES string of the molecule is CNc1cc(N(C)CC(F)(F)F)ccn1. The maximum Gasteiger partial charge on any atom is 0.405 e. The van der Waals surface area contributed by atoms with Crippen LogP contribution in [0.25, 0.3) is 0 Å². The Bertz CT molecular complexity index is 325. The highest BCUT2D eigenvalue weighted by Gasteiger charge is 2.29. The summed E-state index contributed by atoms with van der Waals surface area (Å²) in [6, 6.07) is 3.10. The number of pyridine rings is 1. The molecule has 1 rings (SSSR count). The molecule has 0 aromatic carbocycles. The van der Waals surface area contributed by atoms with Gasteiger partial charge in [0.1, 0.15) is 12.4 Å². The summed E-state index contributed by atoms with van der Waals surface area (Å²) in [5.74, 6) is 0.543. The summed E-state index contributed by atoms with van der Waals surface area (Å²) in [5.41, 5.74) is 0.478. The molecule has 0 bridgehead atoms. The molecule has 1 heterocycles. The van der Waals surface area contributed by atoms with Gasteiger partial charge in [-0.15, -0.1) is 0 Å². The second-order valence-electron chi connectivity index (χ2n) is 3.12. The van der Waals surface area contributed by atoms with Gasteiger partial charge in [-0.2, -0.15) is 13.2 Å². The molecule has 1 aromatic heterocycles. The van der Waals surface area contributed by atoms with Crippen LogP contribution in [-0.4, -0.2) is 31.8 Å². The summed E-state index contributed by atoms with van der Waals surface area (Å²) in [4.78, 5) is 5.05. The Labute approximate surface area is 85.9 Å². The molecule has 0 aliphatic carbocycles. The normalized spacial score (nSPS) is 11.3. The minimum atomic E-state index is -4.20. The largest absolute Gasteiger partial charge is 0.405 e. The van der Waals surface area contributed by atoms with E-state index in [2.05, 4.69) is 10.3 Å². The van der Waals surface area contributed by atoms with Gasteiger partial charge in [-0.1, -0.05) is 0 Å². The average molecular weight is 219 g/mol. The van der Waals surface area contributed by atoms with Crippen LogP contribution in [-0.2, 0) is 0 Å². The molecular weight excluding hydrogens is 207 g/mol. The van der Waals surface area contributed by atoms with Gasteiger partial charge < -0.3 is 10.2 Å². The average Bonchev–Trinajstić information content (AvgIpc) is 2.15. The van der Waals surface area contributed by atoms with Gasteiger partial charge in [0.05, 0.1) is 0 Å². The molecule has 0 unspecified atom stereocenters. The Morgan fingerprint density at radius 3 is 2.67 bits per heavy atom. The summed E-state index contributed by atoms with van der Waals surface area (Å²) >= 11 is 0. The maximum atomic E-state index is 12.1. The predicted octanol–water partition coefficient (Wildman–Crippen LogP) is 2.12. The van der Waals surface area contributed by atoms with Crippen molar-refractivity contribution in [3.05, 3.63) is 18.3 Å². The van der Waals surface area contributed by atoms with E-state index in [0.717, 1.165) is 4.90 Å². The Morgan fingerprint density at radius 1 is 1.47 bits per heavy atom. The van der Waals surface area contributed by atoms with Crippen molar-refractivity contribution in [1.29, 1.82) is 0 Å². The zero-order valence-electron chi connectivity index (χ0n) is 8.47. The Hall–Kier alpha value is -1.46. The van der Waals surface area contributed by atoms with Crippen molar-refractivity contribution < 1.29 is 13.2 Å². The van der Waals surface area contributed by atoms with Crippen molar-refractivity contribution in [2.75, 3.05) is 30.9 Å². The lowest BCUT2D eigenvalue weighted by Crippen LogP contribution is -2.30. The van der Waals surface area contributed by atoms with Gasteiger partial charge in [0.2, 0.25) is 0 Å². The van der Waals surface area contributed by atoms with Crippen LogP contribution in [0.15, 0.2) is 18.3 Å². The van der Waals surface area contributed by atoms with Crippen molar-refractivity contribution >= 4 is 11.5 Å². The molecule has 84 valence electrons. The summed E-state index contributed by atoms with van der Waals surface area (Å²) < 4.78 is 36.3. The van der Waals surface area contributed by atoms with Gasteiger partial charge in [-0.05, 0) is 6.07 Å². The van der Waals surface area contributed by atoms with Gasteiger partial charge in [0.15, 0.2) is 0 Å². The molecule has 1 N–H and O–H groups in total. The fourth-order valence-electron chi connectivity index (χ4n) is 1.15. The molecule has 3 nitrogen and oxygen atoms in total. The van der Waals surface area contributed by atoms with Gasteiger partial charge in [0, 0.05) is 32.0 Å². The maximum absolute atomic E-state index is 12.1. The van der Waals surface area contributed by atoms with Gasteiger partial charge in [0.25, 0.3) is 0 Å². The number of nitrogens with zero attached hydrogens (tertiary/aromatic N) is 2. The highest BCUT2D eigenvalue weighted by atomic mass is 19.4. The molecule has 6 heteroatoms. The van der Waals surface area contributed by atoms with Crippen molar-refractivity contribution in [3.8, 4) is 0 Å². The fourth-order valence-corrected chi connectivity index (χ4v) is 1.15. The number of halogens is 3. The minimum absolute atomic E-state index is 0.478. The molecule has 0 radical (unpaired) electrons. The number of aromatic nitrogens is 1. The molecule has 0 amide bonds. The number of alkyl halides is 3. The van der Waals surface area contributed by atoms with E-state index < -0.39 is 12.7 Å². The summed E-state index contributed by atoms with van der Waals surface area (Å²) in [7, 11) is 3.05. The van der Waals surface area contributed by atoms with Gasteiger partial charge in [-0.25, -0.2) is 4.98 Å². The lowest BCUT2D eigenvalue weighted by molar-refractivity contribution is -0.119. The summed E-state index contributed by atoms with van der Waals surface area (Å²) in [6.45, 7) is -0.972. The molecule has 0 saturated heterocycles. The first-order chi connectivity index (χ1) is 6.92. The standard InChI is InChI=1S/C9H12F3N3/c1-13-8-5-7(3-4-14-8)15(2)6-9(10,11)12/h3-5H,6H2,1-2H3,(H,13,14). The van der Waals surface area contributed by atoms with Crippen LogP contribution >= 0.6 is 0 Å². The summed E-state index contributed by atoms with van der Waals surface area (Å²) in [5, 5.41) is 2.77. The molecule has 15 heavy (non-hydrogen) atoms. The highest BCUT2D eigenvalue weighted by molar-refractivity contribution is 5.53. The van der Waals surface area contributed by atoms with Gasteiger partial charge >= 0.3 is 6.18 Å². The van der Waals surface area contributed by atoms with Crippen molar-refractivity contribution in [2.24, 2.45) is 0 Å². The third kappa shape index (κ3) is 3.65. The summed E-state index contributed by atoms with van der Waals surface area (Å²) in [6.07, 6.45) is -2.73. The molecule has 0 aliphatic rings. The topological polar surface area (TPSA) is 28.2 Å². The second kappa shape index (κ2) is 4.37. The monoisotopic (exact) mass is 219 g/mol. The number of anilines is 2. The first kappa shape index (κ1) is 11.6. The van der Waals surface area contributed by atoms with Crippen LogP contribution in [0.1, 0.15) is 0 Å². The van der Waals surface area contributed by atoms with Crippen LogP contribution in [0.3, 0.4) is 0 Å². The van der Waals surface area contributed by atoms with E-state index in [0.29, 0.717) is 11.5 Å². The molecule has 0 saturated carbocycles. The molecule has 1 aromatic rings. The van der Waals surface area contributed by atoms with Crippen LogP contribution in [0.2, 0.25) is 0 Å². The number of nitrogens with one attached hydrogen (secondary N) is 1. The Balaban J connectivity index is 2.77. The zero-order valence-corrected chi connectivity index (χ0v) is 8.47. The quantitative estimate of drug-likeness (QED) is 0.844. The van der Waals surface area contributed by atoms with Gasteiger partial charge in [-0.3, -0.25) is 0 Å². The van der Waals surface area contributed by atoms with E-state index in [1.165, 1.54) is 19.3 Å². The van der Waals surface area contributed by atoms with Crippen LogP contribution in [0, 0.1) is 0 Å². The molecular formula is C9H12F3N3. The molecule has 0 atom stereocenters. The van der Waals surface area contributed by atoms with Crippen molar-refractivity contribution in [1.82, 2.24) is 4.98 Å². The molecule has 0 aliphatic heterocycles. The van der Waals surface area contributed by atoms with E-state index in [4.69, 9.17) is 0 Å². The smallest absolute Gasteiger partial charge is 0.373 e. The highest BCUT2D eigenvalue weighted by Crippen LogP contribution is 2.21. The first-order valence-electron chi connectivity index (χ1n) is 4.34. The Kier molecular flexibility index (Phi) is 3.39. The fraction of sp³-hybridized carbons (Fsp3) is 0.444. The van der Waals surface area contributed by atoms with E-state index in [9.17, 15) is 13.2 Å². The predicted molar refractivity (Wildman–Crippen MR) is 53.1 cm³/mol. The number of hydrogen-bond donors (Lipinski definition) is 1. The van der Waals surface area contributed by atoms with E-state index >= 15 is 0 Å². The molecule has 0 fully saturated rings. The lowest BCUT2D eigenvalue weighted by Gasteiger charge is -2.21. The Morgan fingerprint density at radius 2 is 2.13 bits per heavy atom. The van der Waals surface area contributed by atoms with Crippen molar-refractivity contribution in [2.45, 2.75) is 6.18 Å². The third-order valence-corrected chi connectivity index (χ3v) is 1.86. The number of rotatable bonds is 3. The van der Waals surface area contributed by atoms with E-state index in [1.807, 2.05) is 0 Å². The van der Waals surface area contributed by atoms with E-state index in [-0.39, 0.29) is 0 Å². The van der Waals surface area contributed by atoms with Crippen molar-refractivity contribution in [3.63, 3.8) is 0 Å². The van der Waals surface area contributed by atoms with Crippen LogP contribution in [0.4, 0.5) is 24.7 Å². The van der Waals surface area contributed by atoms with Crippen LogP contribution < -0.4 is 10.2 Å². The molecule has 0 spiro atoms. The minimum Gasteiger partial charge on any atom is -0.373 e. The zero-order chi connectivity index (χ0) is 11.5. The first-order valence-corrected chi connectivity index (χ1v) is 4.34. The van der Waals surface area contributed by atoms with E-state index in [1.54, 1.807) is 13.1 Å². The third-order valence-electron chi connectivity index (χ3n) is 1.86. The van der Waals surface area contributed by atoms with Crippen LogP contribution in [0.5, 0.6) is 0 Å².